The Balaban J connectivity index is 1.42. The van der Waals surface area contributed by atoms with Crippen molar-refractivity contribution in [2.45, 2.75) is 33.5 Å². The predicted octanol–water partition coefficient (Wildman–Crippen LogP) is 7.98. The highest BCUT2D eigenvalue weighted by molar-refractivity contribution is 7.20. The largest absolute Gasteiger partial charge is 0.491 e. The van der Waals surface area contributed by atoms with Gasteiger partial charge >= 0.3 is 12.1 Å². The van der Waals surface area contributed by atoms with E-state index in [0.29, 0.717) is 42.7 Å². The van der Waals surface area contributed by atoms with Crippen molar-refractivity contribution < 1.29 is 27.8 Å². The summed E-state index contributed by atoms with van der Waals surface area (Å²) in [5.41, 5.74) is -0.881. The lowest BCUT2D eigenvalue weighted by Gasteiger charge is -2.18. The number of hydrogen-bond acceptors (Lipinski definition) is 8. The van der Waals surface area contributed by atoms with Gasteiger partial charge in [0.2, 0.25) is 0 Å². The van der Waals surface area contributed by atoms with Crippen LogP contribution in [0.2, 0.25) is 5.02 Å². The molecular weight excluding hydrogens is 667 g/mol. The van der Waals surface area contributed by atoms with Gasteiger partial charge in [-0.05, 0) is 63.2 Å². The van der Waals surface area contributed by atoms with Gasteiger partial charge in [-0.3, -0.25) is 19.3 Å². The summed E-state index contributed by atoms with van der Waals surface area (Å²) in [5, 5.41) is 20.0. The van der Waals surface area contributed by atoms with Crippen LogP contribution in [0.15, 0.2) is 59.5 Å². The molecule has 6 aromatic rings. The number of pyridine rings is 2. The lowest BCUT2D eigenvalue weighted by molar-refractivity contribution is -0.137. The number of aromatic carboxylic acids is 1. The number of halogens is 4. The molecule has 0 radical (unpaired) electrons. The molecule has 0 saturated carbocycles. The molecule has 0 saturated heterocycles. The molecule has 0 spiro atoms. The van der Waals surface area contributed by atoms with Gasteiger partial charge in [0.15, 0.2) is 0 Å². The smallest absolute Gasteiger partial charge is 0.417 e. The fraction of sp³-hybridized carbons (Fsp3) is 0.176. The van der Waals surface area contributed by atoms with E-state index < -0.39 is 34.4 Å². The number of fused-ring (bicyclic) bond motifs is 2. The summed E-state index contributed by atoms with van der Waals surface area (Å²) in [5.74, 6) is -0.577. The molecular formula is C34H23ClF3N5O4S. The van der Waals surface area contributed by atoms with Crippen LogP contribution in [0.1, 0.15) is 37.9 Å². The summed E-state index contributed by atoms with van der Waals surface area (Å²) in [6.45, 7) is 4.81. The maximum atomic E-state index is 14.2. The fourth-order valence-electron chi connectivity index (χ4n) is 5.71. The molecule has 242 valence electrons. The number of nitrogens with zero attached hydrogens (tertiary/aromatic N) is 5. The van der Waals surface area contributed by atoms with Crippen molar-refractivity contribution >= 4 is 50.0 Å². The first-order valence-electron chi connectivity index (χ1n) is 14.3. The number of benzene rings is 2. The number of thiophene rings is 1. The second-order valence-electron chi connectivity index (χ2n) is 10.8. The van der Waals surface area contributed by atoms with E-state index in [1.807, 2.05) is 6.07 Å². The molecule has 48 heavy (non-hydrogen) atoms. The Kier molecular flexibility index (Phi) is 8.40. The number of alkyl halides is 3. The fourth-order valence-corrected chi connectivity index (χ4v) is 7.00. The van der Waals surface area contributed by atoms with Gasteiger partial charge in [0.05, 0.1) is 50.0 Å². The number of carbonyl (C=O) groups is 1. The van der Waals surface area contributed by atoms with E-state index >= 15 is 0 Å². The van der Waals surface area contributed by atoms with Gasteiger partial charge in [-0.15, -0.1) is 11.3 Å². The van der Waals surface area contributed by atoms with Crippen molar-refractivity contribution in [1.82, 2.24) is 19.5 Å². The third-order valence-electron chi connectivity index (χ3n) is 7.74. The van der Waals surface area contributed by atoms with E-state index in [1.165, 1.54) is 47.2 Å². The zero-order chi connectivity index (χ0) is 34.5. The Labute approximate surface area is 279 Å². The Hall–Kier alpha value is -5.32. The minimum Gasteiger partial charge on any atom is -0.491 e. The van der Waals surface area contributed by atoms with Gasteiger partial charge in [0.25, 0.3) is 5.56 Å². The van der Waals surface area contributed by atoms with Crippen LogP contribution in [-0.2, 0) is 12.7 Å². The Morgan fingerprint density at radius 1 is 1.10 bits per heavy atom. The van der Waals surface area contributed by atoms with E-state index in [-0.39, 0.29) is 41.1 Å². The SMILES string of the molecule is Cc1cc(-c2cc(Cl)ccc2OCCn2c(C)nc3cc(C(F)(F)F)c(-c4ccccn4)c(C#N)c3c2=O)c2sc(C)c(C(=O)O)c2n1. The molecule has 4 aromatic heterocycles. The van der Waals surface area contributed by atoms with Crippen LogP contribution >= 0.6 is 22.9 Å². The lowest BCUT2D eigenvalue weighted by atomic mass is 9.94. The van der Waals surface area contributed by atoms with Gasteiger partial charge in [-0.1, -0.05) is 17.7 Å². The maximum absolute atomic E-state index is 14.2. The van der Waals surface area contributed by atoms with Crippen LogP contribution in [0.25, 0.3) is 43.5 Å². The zero-order valence-corrected chi connectivity index (χ0v) is 27.0. The topological polar surface area (TPSA) is 131 Å². The summed E-state index contributed by atoms with van der Waals surface area (Å²) in [6.07, 6.45) is -3.55. The number of hydrogen-bond donors (Lipinski definition) is 1. The molecule has 1 N–H and O–H groups in total. The van der Waals surface area contributed by atoms with Crippen LogP contribution in [0, 0.1) is 32.1 Å². The second kappa shape index (κ2) is 12.4. The second-order valence-corrected chi connectivity index (χ2v) is 12.5. The lowest BCUT2D eigenvalue weighted by Crippen LogP contribution is -2.27. The molecule has 0 fully saturated rings. The van der Waals surface area contributed by atoms with Crippen molar-refractivity contribution in [2.24, 2.45) is 0 Å². The van der Waals surface area contributed by atoms with E-state index in [0.717, 1.165) is 6.07 Å². The highest BCUT2D eigenvalue weighted by Crippen LogP contribution is 2.43. The number of aryl methyl sites for hydroxylation is 3. The molecule has 0 unspecified atom stereocenters. The third kappa shape index (κ3) is 5.74. The minimum atomic E-state index is -4.85. The number of ether oxygens (including phenoxy) is 1. The molecule has 0 aliphatic rings. The molecule has 0 amide bonds. The van der Waals surface area contributed by atoms with Crippen molar-refractivity contribution in [3.63, 3.8) is 0 Å². The summed E-state index contributed by atoms with van der Waals surface area (Å²) in [4.78, 5) is 39.3. The van der Waals surface area contributed by atoms with Crippen molar-refractivity contribution in [2.75, 3.05) is 6.61 Å². The molecule has 0 atom stereocenters. The normalized spacial score (nSPS) is 11.6. The average molecular weight is 690 g/mol. The van der Waals surface area contributed by atoms with Crippen LogP contribution < -0.4 is 10.3 Å². The van der Waals surface area contributed by atoms with E-state index in [4.69, 9.17) is 16.3 Å². The minimum absolute atomic E-state index is 0.0630. The molecule has 0 bridgehead atoms. The van der Waals surface area contributed by atoms with Gasteiger partial charge in [-0.25, -0.2) is 9.78 Å². The van der Waals surface area contributed by atoms with Gasteiger partial charge < -0.3 is 9.84 Å². The van der Waals surface area contributed by atoms with Gasteiger partial charge in [0.1, 0.15) is 24.3 Å². The molecule has 0 aliphatic carbocycles. The quantitative estimate of drug-likeness (QED) is 0.179. The van der Waals surface area contributed by atoms with Crippen LogP contribution in [0.4, 0.5) is 13.2 Å². The number of carboxylic acids is 1. The molecule has 9 nitrogen and oxygen atoms in total. The van der Waals surface area contributed by atoms with E-state index in [2.05, 4.69) is 15.0 Å². The standard InChI is InChI=1S/C34H23ClF3N5O4S/c1-16-12-21(31-30(41-16)27(33(45)46)17(2)48-31)20-13-19(35)7-8-26(20)47-11-10-43-18(3)42-25-14-23(34(36,37)38)28(24-6-4-5-9-40-24)22(15-39)29(25)32(43)44/h4-9,12-14H,10-11H2,1-3H3,(H,45,46). The predicted molar refractivity (Wildman–Crippen MR) is 176 cm³/mol. The molecule has 0 aliphatic heterocycles. The summed E-state index contributed by atoms with van der Waals surface area (Å²) >= 11 is 7.67. The van der Waals surface area contributed by atoms with Crippen LogP contribution in [-0.4, -0.2) is 37.2 Å². The molecule has 14 heteroatoms. The number of aromatic nitrogens is 4. The first-order valence-corrected chi connectivity index (χ1v) is 15.5. The van der Waals surface area contributed by atoms with Crippen molar-refractivity contribution in [3.05, 3.63) is 103 Å². The Morgan fingerprint density at radius 3 is 2.54 bits per heavy atom. The van der Waals surface area contributed by atoms with Gasteiger partial charge in [-0.2, -0.15) is 18.4 Å². The maximum Gasteiger partial charge on any atom is 0.417 e. The molecule has 4 heterocycles. The monoisotopic (exact) mass is 689 g/mol. The average Bonchev–Trinajstić information content (AvgIpc) is 3.37. The zero-order valence-electron chi connectivity index (χ0n) is 25.4. The van der Waals surface area contributed by atoms with Gasteiger partial charge in [0, 0.05) is 38.5 Å². The van der Waals surface area contributed by atoms with E-state index in [9.17, 15) is 33.1 Å². The van der Waals surface area contributed by atoms with Crippen molar-refractivity contribution in [3.8, 4) is 34.2 Å². The third-order valence-corrected chi connectivity index (χ3v) is 9.10. The van der Waals surface area contributed by atoms with Crippen molar-refractivity contribution in [1.29, 1.82) is 5.26 Å². The molecule has 6 rings (SSSR count). The molecule has 2 aromatic carbocycles. The first kappa shape index (κ1) is 32.6. The number of rotatable bonds is 7. The van der Waals surface area contributed by atoms with E-state index in [1.54, 1.807) is 38.1 Å². The summed E-state index contributed by atoms with van der Waals surface area (Å²) in [6, 6.07) is 13.7. The Morgan fingerprint density at radius 2 is 1.88 bits per heavy atom. The highest BCUT2D eigenvalue weighted by atomic mass is 35.5. The summed E-state index contributed by atoms with van der Waals surface area (Å²) in [7, 11) is 0. The number of carboxylic acid groups (broad SMARTS) is 1. The van der Waals surface area contributed by atoms with Crippen LogP contribution in [0.5, 0.6) is 5.75 Å². The highest BCUT2D eigenvalue weighted by Gasteiger charge is 2.37. The van der Waals surface area contributed by atoms with Crippen LogP contribution in [0.3, 0.4) is 0 Å². The Bertz CT molecular complexity index is 2380. The number of nitriles is 1. The summed E-state index contributed by atoms with van der Waals surface area (Å²) < 4.78 is 50.7. The first-order chi connectivity index (χ1) is 22.8.